The van der Waals surface area contributed by atoms with Crippen molar-refractivity contribution >= 4 is 17.5 Å². The van der Waals surface area contributed by atoms with Crippen molar-refractivity contribution in [3.8, 4) is 0 Å². The number of hydrogen-bond donors (Lipinski definition) is 1. The molecule has 2 aliphatic carbocycles. The predicted octanol–water partition coefficient (Wildman–Crippen LogP) is 5.36. The van der Waals surface area contributed by atoms with Gasteiger partial charge < -0.3 is 14.8 Å². The molecule has 1 aliphatic heterocycles. The first-order valence-corrected chi connectivity index (χ1v) is 13.6. The molecule has 0 radical (unpaired) electrons. The summed E-state index contributed by atoms with van der Waals surface area (Å²) in [5.74, 6) is 2.67. The number of amides is 2. The fourth-order valence-electron chi connectivity index (χ4n) is 6.30. The molecule has 0 bridgehead atoms. The third kappa shape index (κ3) is 5.07. The Morgan fingerprint density at radius 1 is 1.06 bits per heavy atom. The number of benzene rings is 1. The maximum Gasteiger partial charge on any atom is 0.230 e. The molecule has 2 saturated carbocycles. The molecule has 1 aromatic carbocycles. The van der Waals surface area contributed by atoms with Crippen LogP contribution in [-0.2, 0) is 9.59 Å². The van der Waals surface area contributed by atoms with Crippen molar-refractivity contribution in [3.63, 3.8) is 0 Å². The van der Waals surface area contributed by atoms with E-state index in [-0.39, 0.29) is 23.7 Å². The summed E-state index contributed by atoms with van der Waals surface area (Å²) in [7, 11) is 0. The first-order chi connectivity index (χ1) is 17.0. The van der Waals surface area contributed by atoms with E-state index in [9.17, 15) is 9.59 Å². The van der Waals surface area contributed by atoms with Crippen molar-refractivity contribution in [2.24, 2.45) is 17.3 Å². The highest BCUT2D eigenvalue weighted by Gasteiger charge is 2.46. The Kier molecular flexibility index (Phi) is 6.46. The van der Waals surface area contributed by atoms with E-state index < -0.39 is 0 Å². The smallest absolute Gasteiger partial charge is 0.230 e. The normalized spacial score (nSPS) is 26.1. The molecule has 2 atom stereocenters. The molecular weight excluding hydrogens is 450 g/mol. The maximum atomic E-state index is 13.6. The van der Waals surface area contributed by atoms with Gasteiger partial charge in [0.2, 0.25) is 11.8 Å². The Morgan fingerprint density at radius 2 is 1.75 bits per heavy atom. The standard InChI is InChI=1S/C29H41N5O2/c1-17-7-10-25(18(2)11-17)30-28(36)24-16-33(19(3)35)15-23(24)27-32-31-26(34(27)22-8-9-22)21-12-20(13-21)14-29(4,5)6/h7,10-11,20-24H,8-9,12-16H2,1-6H3,(H,30,36)/t20-,21+,23-,24-/m1/s1. The monoisotopic (exact) mass is 491 g/mol. The summed E-state index contributed by atoms with van der Waals surface area (Å²) in [4.78, 5) is 27.7. The zero-order valence-corrected chi connectivity index (χ0v) is 22.7. The van der Waals surface area contributed by atoms with Gasteiger partial charge in [0.05, 0.1) is 11.8 Å². The summed E-state index contributed by atoms with van der Waals surface area (Å²) < 4.78 is 2.36. The summed E-state index contributed by atoms with van der Waals surface area (Å²) in [5, 5.41) is 12.6. The highest BCUT2D eigenvalue weighted by atomic mass is 16.2. The molecule has 1 N–H and O–H groups in total. The van der Waals surface area contributed by atoms with Gasteiger partial charge in [-0.15, -0.1) is 10.2 Å². The minimum Gasteiger partial charge on any atom is -0.341 e. The van der Waals surface area contributed by atoms with Crippen molar-refractivity contribution in [1.29, 1.82) is 0 Å². The van der Waals surface area contributed by atoms with Crippen molar-refractivity contribution in [1.82, 2.24) is 19.7 Å². The molecule has 1 saturated heterocycles. The Balaban J connectivity index is 1.39. The highest BCUT2D eigenvalue weighted by Crippen LogP contribution is 2.49. The van der Waals surface area contributed by atoms with Gasteiger partial charge in [0.1, 0.15) is 11.6 Å². The second-order valence-electron chi connectivity index (χ2n) is 12.8. The largest absolute Gasteiger partial charge is 0.341 e. The summed E-state index contributed by atoms with van der Waals surface area (Å²) in [5.41, 5.74) is 3.38. The topological polar surface area (TPSA) is 80.1 Å². The Labute approximate surface area is 215 Å². The summed E-state index contributed by atoms with van der Waals surface area (Å²) in [6.07, 6.45) is 5.86. The van der Waals surface area contributed by atoms with E-state index in [1.165, 1.54) is 19.3 Å². The molecule has 194 valence electrons. The first kappa shape index (κ1) is 25.0. The van der Waals surface area contributed by atoms with E-state index in [4.69, 9.17) is 10.2 Å². The predicted molar refractivity (Wildman–Crippen MR) is 141 cm³/mol. The molecule has 2 amide bonds. The van der Waals surface area contributed by atoms with Crippen LogP contribution in [0.4, 0.5) is 5.69 Å². The lowest BCUT2D eigenvalue weighted by Crippen LogP contribution is -2.31. The van der Waals surface area contributed by atoms with Crippen molar-refractivity contribution < 1.29 is 9.59 Å². The number of aryl methyl sites for hydroxylation is 2. The van der Waals surface area contributed by atoms with E-state index in [2.05, 4.69) is 36.7 Å². The van der Waals surface area contributed by atoms with Gasteiger partial charge in [0.15, 0.2) is 0 Å². The molecule has 5 rings (SSSR count). The third-order valence-corrected chi connectivity index (χ3v) is 8.24. The molecule has 2 heterocycles. The summed E-state index contributed by atoms with van der Waals surface area (Å²) >= 11 is 0. The molecule has 2 aromatic rings. The second-order valence-corrected chi connectivity index (χ2v) is 12.8. The van der Waals surface area contributed by atoms with Gasteiger partial charge in [-0.25, -0.2) is 0 Å². The van der Waals surface area contributed by atoms with Gasteiger partial charge in [-0.1, -0.05) is 38.5 Å². The molecular formula is C29H41N5O2. The molecule has 1 aromatic heterocycles. The van der Waals surface area contributed by atoms with Gasteiger partial charge in [-0.3, -0.25) is 9.59 Å². The number of carbonyl (C=O) groups excluding carboxylic acids is 2. The number of rotatable bonds is 6. The molecule has 3 fully saturated rings. The zero-order valence-electron chi connectivity index (χ0n) is 22.7. The fourth-order valence-corrected chi connectivity index (χ4v) is 6.30. The molecule has 3 aliphatic rings. The van der Waals surface area contributed by atoms with Crippen LogP contribution >= 0.6 is 0 Å². The maximum absolute atomic E-state index is 13.6. The number of carbonyl (C=O) groups is 2. The van der Waals surface area contributed by atoms with E-state index in [0.29, 0.717) is 30.5 Å². The van der Waals surface area contributed by atoms with Crippen molar-refractivity contribution in [3.05, 3.63) is 41.0 Å². The van der Waals surface area contributed by atoms with Crippen LogP contribution in [-0.4, -0.2) is 44.6 Å². The van der Waals surface area contributed by atoms with Crippen LogP contribution in [0.1, 0.15) is 100 Å². The average molecular weight is 492 g/mol. The Hall–Kier alpha value is -2.70. The molecule has 0 spiro atoms. The molecule has 7 heteroatoms. The lowest BCUT2D eigenvalue weighted by molar-refractivity contribution is -0.128. The lowest BCUT2D eigenvalue weighted by atomic mass is 9.68. The second kappa shape index (κ2) is 9.31. The fraction of sp³-hybridized carbons (Fsp3) is 0.655. The van der Waals surface area contributed by atoms with Crippen LogP contribution in [0, 0.1) is 31.1 Å². The minimum absolute atomic E-state index is 0.00328. The van der Waals surface area contributed by atoms with E-state index in [1.54, 1.807) is 11.8 Å². The average Bonchev–Trinajstić information content (AvgIpc) is 3.34. The zero-order chi connectivity index (χ0) is 25.8. The number of hydrogen-bond acceptors (Lipinski definition) is 4. The van der Waals surface area contributed by atoms with Crippen molar-refractivity contribution in [2.45, 2.75) is 91.5 Å². The summed E-state index contributed by atoms with van der Waals surface area (Å²) in [6, 6.07) is 6.48. The van der Waals surface area contributed by atoms with Crippen LogP contribution < -0.4 is 5.32 Å². The van der Waals surface area contributed by atoms with E-state index in [1.807, 2.05) is 26.0 Å². The van der Waals surface area contributed by atoms with Gasteiger partial charge in [-0.2, -0.15) is 0 Å². The molecule has 7 nitrogen and oxygen atoms in total. The SMILES string of the molecule is CC(=O)N1C[C@@H](C(=O)Nc2ccc(C)cc2C)[C@H](c2nnc([C@H]3C[C@@H](CC(C)(C)C)C3)n2C2CC2)C1. The highest BCUT2D eigenvalue weighted by molar-refractivity contribution is 5.94. The number of aromatic nitrogens is 3. The van der Waals surface area contributed by atoms with Gasteiger partial charge in [0, 0.05) is 37.7 Å². The van der Waals surface area contributed by atoms with Crippen LogP contribution in [0.5, 0.6) is 0 Å². The number of nitrogens with zero attached hydrogens (tertiary/aromatic N) is 4. The lowest BCUT2D eigenvalue weighted by Gasteiger charge is -2.38. The first-order valence-electron chi connectivity index (χ1n) is 13.6. The van der Waals surface area contributed by atoms with Gasteiger partial charge >= 0.3 is 0 Å². The van der Waals surface area contributed by atoms with Gasteiger partial charge in [0.25, 0.3) is 0 Å². The molecule has 36 heavy (non-hydrogen) atoms. The number of anilines is 1. The van der Waals surface area contributed by atoms with Crippen LogP contribution in [0.25, 0.3) is 0 Å². The van der Waals surface area contributed by atoms with Crippen LogP contribution in [0.2, 0.25) is 0 Å². The molecule has 0 unspecified atom stereocenters. The minimum atomic E-state index is -0.348. The third-order valence-electron chi connectivity index (χ3n) is 8.24. The summed E-state index contributed by atoms with van der Waals surface area (Å²) in [6.45, 7) is 13.5. The van der Waals surface area contributed by atoms with Crippen LogP contribution in [0.15, 0.2) is 18.2 Å². The quantitative estimate of drug-likeness (QED) is 0.590. The van der Waals surface area contributed by atoms with Crippen LogP contribution in [0.3, 0.4) is 0 Å². The van der Waals surface area contributed by atoms with Crippen molar-refractivity contribution in [2.75, 3.05) is 18.4 Å². The van der Waals surface area contributed by atoms with E-state index >= 15 is 0 Å². The Bertz CT molecular complexity index is 1150. The van der Waals surface area contributed by atoms with E-state index in [0.717, 1.165) is 47.2 Å². The number of nitrogens with one attached hydrogen (secondary N) is 1. The number of likely N-dealkylation sites (tertiary alicyclic amines) is 1. The van der Waals surface area contributed by atoms with Gasteiger partial charge in [-0.05, 0) is 68.9 Å². The Morgan fingerprint density at radius 3 is 2.36 bits per heavy atom.